The lowest BCUT2D eigenvalue weighted by molar-refractivity contribution is 0.193. The van der Waals surface area contributed by atoms with E-state index in [1.54, 1.807) is 18.9 Å². The zero-order valence-electron chi connectivity index (χ0n) is 9.62. The number of thioether (sulfide) groups is 1. The maximum absolute atomic E-state index is 5.02. The van der Waals surface area contributed by atoms with Crippen molar-refractivity contribution in [2.45, 2.75) is 43.5 Å². The molecule has 0 aromatic carbocycles. The minimum Gasteiger partial charge on any atom is -0.385 e. The molecule has 0 radical (unpaired) electrons. The van der Waals surface area contributed by atoms with Gasteiger partial charge in [-0.25, -0.2) is 4.98 Å². The maximum Gasteiger partial charge on any atom is 0.208 e. The van der Waals surface area contributed by atoms with Crippen LogP contribution in [0, 0.1) is 0 Å². The zero-order chi connectivity index (χ0) is 11.1. The monoisotopic (exact) mass is 229 g/mol. The summed E-state index contributed by atoms with van der Waals surface area (Å²) < 4.78 is 5.02. The van der Waals surface area contributed by atoms with E-state index in [1.165, 1.54) is 0 Å². The van der Waals surface area contributed by atoms with Crippen molar-refractivity contribution in [3.63, 3.8) is 0 Å². The number of hydrogen-bond donors (Lipinski definition) is 1. The fraction of sp³-hybridized carbons (Fsp3) is 0.800. The van der Waals surface area contributed by atoms with E-state index in [0.717, 1.165) is 36.9 Å². The van der Waals surface area contributed by atoms with Crippen LogP contribution in [0.3, 0.4) is 0 Å². The third kappa shape index (κ3) is 4.66. The van der Waals surface area contributed by atoms with Crippen LogP contribution < -0.4 is 0 Å². The summed E-state index contributed by atoms with van der Waals surface area (Å²) in [5, 5.41) is 8.47. The van der Waals surface area contributed by atoms with Gasteiger partial charge in [0.2, 0.25) is 5.16 Å². The molecule has 0 bridgehead atoms. The highest BCUT2D eigenvalue weighted by molar-refractivity contribution is 7.99. The molecule has 0 aliphatic heterocycles. The summed E-state index contributed by atoms with van der Waals surface area (Å²) in [4.78, 5) is 4.36. The standard InChI is InChI=1S/C10H19N3OS/c1-4-9-11-10(13-12-9)15-8(2)6-5-7-14-3/h8H,4-7H2,1-3H3,(H,11,12,13)/t8-/m1/s1. The van der Waals surface area contributed by atoms with Crippen molar-refractivity contribution in [1.29, 1.82) is 0 Å². The van der Waals surface area contributed by atoms with E-state index in [9.17, 15) is 0 Å². The third-order valence-corrected chi connectivity index (χ3v) is 3.14. The van der Waals surface area contributed by atoms with Crippen LogP contribution in [0.15, 0.2) is 5.16 Å². The second-order valence-electron chi connectivity index (χ2n) is 3.48. The van der Waals surface area contributed by atoms with Gasteiger partial charge in [0, 0.05) is 25.4 Å². The molecular formula is C10H19N3OS. The van der Waals surface area contributed by atoms with Gasteiger partial charge in [0.25, 0.3) is 0 Å². The van der Waals surface area contributed by atoms with Crippen LogP contribution in [0.1, 0.15) is 32.5 Å². The Morgan fingerprint density at radius 1 is 1.53 bits per heavy atom. The largest absolute Gasteiger partial charge is 0.385 e. The van der Waals surface area contributed by atoms with Gasteiger partial charge >= 0.3 is 0 Å². The number of nitrogens with one attached hydrogen (secondary N) is 1. The highest BCUT2D eigenvalue weighted by Crippen LogP contribution is 2.22. The van der Waals surface area contributed by atoms with Gasteiger partial charge in [-0.1, -0.05) is 25.6 Å². The molecule has 1 N–H and O–H groups in total. The molecule has 1 heterocycles. The van der Waals surface area contributed by atoms with Gasteiger partial charge in [0.05, 0.1) is 0 Å². The fourth-order valence-corrected chi connectivity index (χ4v) is 2.15. The molecule has 1 atom stereocenters. The van der Waals surface area contributed by atoms with Crippen molar-refractivity contribution in [1.82, 2.24) is 15.2 Å². The van der Waals surface area contributed by atoms with Gasteiger partial charge in [-0.2, -0.15) is 0 Å². The molecule has 86 valence electrons. The number of methoxy groups -OCH3 is 1. The number of aryl methyl sites for hydroxylation is 1. The molecule has 15 heavy (non-hydrogen) atoms. The number of nitrogens with zero attached hydrogens (tertiary/aromatic N) is 2. The first-order chi connectivity index (χ1) is 7.26. The smallest absolute Gasteiger partial charge is 0.208 e. The summed E-state index contributed by atoms with van der Waals surface area (Å²) >= 11 is 1.72. The van der Waals surface area contributed by atoms with E-state index in [2.05, 4.69) is 29.0 Å². The maximum atomic E-state index is 5.02. The van der Waals surface area contributed by atoms with Crippen molar-refractivity contribution in [2.24, 2.45) is 0 Å². The molecule has 1 aromatic heterocycles. The van der Waals surface area contributed by atoms with E-state index in [-0.39, 0.29) is 0 Å². The summed E-state index contributed by atoms with van der Waals surface area (Å²) in [7, 11) is 1.74. The van der Waals surface area contributed by atoms with Crippen molar-refractivity contribution in [3.05, 3.63) is 5.82 Å². The van der Waals surface area contributed by atoms with E-state index >= 15 is 0 Å². The van der Waals surface area contributed by atoms with E-state index in [4.69, 9.17) is 4.74 Å². The minimum atomic E-state index is 0.542. The molecule has 0 aliphatic rings. The Bertz CT molecular complexity index is 277. The molecule has 0 spiro atoms. The molecule has 0 unspecified atom stereocenters. The molecular weight excluding hydrogens is 210 g/mol. The first kappa shape index (κ1) is 12.5. The molecule has 0 saturated heterocycles. The number of ether oxygens (including phenoxy) is 1. The van der Waals surface area contributed by atoms with Gasteiger partial charge in [0.1, 0.15) is 5.82 Å². The Kier molecular flexibility index (Phi) is 5.71. The molecule has 0 amide bonds. The Hall–Kier alpha value is -0.550. The average molecular weight is 229 g/mol. The summed E-state index contributed by atoms with van der Waals surface area (Å²) in [6, 6.07) is 0. The average Bonchev–Trinajstić information content (AvgIpc) is 2.66. The molecule has 0 saturated carbocycles. The number of aromatic nitrogens is 3. The van der Waals surface area contributed by atoms with Crippen LogP contribution in [0.4, 0.5) is 0 Å². The topological polar surface area (TPSA) is 50.8 Å². The molecule has 4 nitrogen and oxygen atoms in total. The van der Waals surface area contributed by atoms with Gasteiger partial charge < -0.3 is 4.74 Å². The summed E-state index contributed by atoms with van der Waals surface area (Å²) in [6.45, 7) is 5.10. The normalized spacial score (nSPS) is 13.0. The Balaban J connectivity index is 2.27. The zero-order valence-corrected chi connectivity index (χ0v) is 10.4. The van der Waals surface area contributed by atoms with Crippen molar-refractivity contribution in [3.8, 4) is 0 Å². The first-order valence-electron chi connectivity index (χ1n) is 5.33. The van der Waals surface area contributed by atoms with Crippen LogP contribution in [0.25, 0.3) is 0 Å². The molecule has 5 heteroatoms. The van der Waals surface area contributed by atoms with E-state index in [0.29, 0.717) is 5.25 Å². The second-order valence-corrected chi connectivity index (χ2v) is 4.89. The number of H-pyrrole nitrogens is 1. The lowest BCUT2D eigenvalue weighted by atomic mass is 10.3. The molecule has 0 aliphatic carbocycles. The van der Waals surface area contributed by atoms with Gasteiger partial charge in [-0.3, -0.25) is 5.10 Å². The highest BCUT2D eigenvalue weighted by atomic mass is 32.2. The van der Waals surface area contributed by atoms with Gasteiger partial charge in [0.15, 0.2) is 0 Å². The number of rotatable bonds is 7. The van der Waals surface area contributed by atoms with Crippen molar-refractivity contribution < 1.29 is 4.74 Å². The van der Waals surface area contributed by atoms with Crippen molar-refractivity contribution in [2.75, 3.05) is 13.7 Å². The van der Waals surface area contributed by atoms with Crippen LogP contribution in [0.5, 0.6) is 0 Å². The highest BCUT2D eigenvalue weighted by Gasteiger charge is 2.08. The fourth-order valence-electron chi connectivity index (χ4n) is 1.24. The molecule has 1 aromatic rings. The lowest BCUT2D eigenvalue weighted by Gasteiger charge is -2.07. The lowest BCUT2D eigenvalue weighted by Crippen LogP contribution is -1.99. The van der Waals surface area contributed by atoms with Crippen LogP contribution in [-0.2, 0) is 11.2 Å². The molecule has 1 rings (SSSR count). The second kappa shape index (κ2) is 6.85. The van der Waals surface area contributed by atoms with Crippen LogP contribution in [-0.4, -0.2) is 34.1 Å². The number of aromatic amines is 1. The van der Waals surface area contributed by atoms with E-state index in [1.807, 2.05) is 0 Å². The SMILES string of the molecule is CCc1nc(S[C@H](C)CCCOC)n[nH]1. The quantitative estimate of drug-likeness (QED) is 0.575. The Morgan fingerprint density at radius 3 is 2.93 bits per heavy atom. The van der Waals surface area contributed by atoms with Gasteiger partial charge in [-0.05, 0) is 12.8 Å². The summed E-state index contributed by atoms with van der Waals surface area (Å²) in [5.74, 6) is 0.960. The van der Waals surface area contributed by atoms with Crippen LogP contribution in [0.2, 0.25) is 0 Å². The van der Waals surface area contributed by atoms with Gasteiger partial charge in [-0.15, -0.1) is 5.10 Å². The minimum absolute atomic E-state index is 0.542. The number of hydrogen-bond acceptors (Lipinski definition) is 4. The summed E-state index contributed by atoms with van der Waals surface area (Å²) in [6.07, 6.45) is 3.13. The Morgan fingerprint density at radius 2 is 2.33 bits per heavy atom. The third-order valence-electron chi connectivity index (χ3n) is 2.11. The Labute approximate surface area is 95.2 Å². The van der Waals surface area contributed by atoms with E-state index < -0.39 is 0 Å². The predicted octanol–water partition coefficient (Wildman–Crippen LogP) is 2.27. The summed E-state index contributed by atoms with van der Waals surface area (Å²) in [5.41, 5.74) is 0. The first-order valence-corrected chi connectivity index (χ1v) is 6.21. The van der Waals surface area contributed by atoms with Crippen molar-refractivity contribution >= 4 is 11.8 Å². The molecule has 0 fully saturated rings. The predicted molar refractivity (Wildman–Crippen MR) is 62.2 cm³/mol. The van der Waals surface area contributed by atoms with Crippen LogP contribution >= 0.6 is 11.8 Å².